The molecule has 1 N–H and O–H groups in total. The summed E-state index contributed by atoms with van der Waals surface area (Å²) in [6.07, 6.45) is 4.13. The smallest absolute Gasteiger partial charge is 0.227 e. The van der Waals surface area contributed by atoms with Crippen LogP contribution in [0.5, 0.6) is 0 Å². The predicted molar refractivity (Wildman–Crippen MR) is 88.8 cm³/mol. The molecule has 1 aliphatic heterocycles. The van der Waals surface area contributed by atoms with Crippen LogP contribution in [0.25, 0.3) is 0 Å². The Hall–Kier alpha value is -1.84. The van der Waals surface area contributed by atoms with Crippen LogP contribution in [0.15, 0.2) is 24.3 Å². The van der Waals surface area contributed by atoms with Gasteiger partial charge in [0.05, 0.1) is 6.42 Å². The molecule has 1 saturated heterocycles. The van der Waals surface area contributed by atoms with Crippen molar-refractivity contribution >= 4 is 17.5 Å². The van der Waals surface area contributed by atoms with Crippen LogP contribution in [-0.2, 0) is 16.0 Å². The molecule has 0 bridgehead atoms. The van der Waals surface area contributed by atoms with Crippen LogP contribution in [0.4, 0.5) is 5.69 Å². The summed E-state index contributed by atoms with van der Waals surface area (Å²) in [7, 11) is 0. The van der Waals surface area contributed by atoms with Crippen molar-refractivity contribution in [2.24, 2.45) is 5.92 Å². The van der Waals surface area contributed by atoms with Crippen molar-refractivity contribution in [2.75, 3.05) is 18.0 Å². The van der Waals surface area contributed by atoms with Gasteiger partial charge in [-0.1, -0.05) is 26.0 Å². The van der Waals surface area contributed by atoms with E-state index in [-0.39, 0.29) is 11.8 Å². The van der Waals surface area contributed by atoms with Crippen molar-refractivity contribution in [2.45, 2.75) is 46.0 Å². The minimum absolute atomic E-state index is 0.0637. The molecule has 22 heavy (non-hydrogen) atoms. The molecule has 120 valence electrons. The van der Waals surface area contributed by atoms with Crippen molar-refractivity contribution in [1.29, 1.82) is 0 Å². The van der Waals surface area contributed by atoms with E-state index in [4.69, 9.17) is 0 Å². The SMILES string of the molecule is CC(C)CCCNC(=O)Cc1ccc(N2CCCC2=O)cc1. The maximum Gasteiger partial charge on any atom is 0.227 e. The maximum absolute atomic E-state index is 11.9. The predicted octanol–water partition coefficient (Wildman–Crippen LogP) is 2.91. The number of carbonyl (C=O) groups excluding carboxylic acids is 2. The number of rotatable bonds is 7. The number of nitrogens with zero attached hydrogens (tertiary/aromatic N) is 1. The Labute approximate surface area is 132 Å². The number of benzene rings is 1. The van der Waals surface area contributed by atoms with Gasteiger partial charge in [0, 0.05) is 25.2 Å². The third-order valence-corrected chi connectivity index (χ3v) is 3.97. The summed E-state index contributed by atoms with van der Waals surface area (Å²) in [5.74, 6) is 0.933. The van der Waals surface area contributed by atoms with Crippen LogP contribution in [-0.4, -0.2) is 24.9 Å². The van der Waals surface area contributed by atoms with E-state index < -0.39 is 0 Å². The van der Waals surface area contributed by atoms with Gasteiger partial charge in [-0.2, -0.15) is 0 Å². The molecule has 1 heterocycles. The van der Waals surface area contributed by atoms with Crippen LogP contribution in [0.1, 0.15) is 45.1 Å². The van der Waals surface area contributed by atoms with E-state index in [1.54, 1.807) is 0 Å². The van der Waals surface area contributed by atoms with E-state index in [2.05, 4.69) is 19.2 Å². The number of amides is 2. The summed E-state index contributed by atoms with van der Waals surface area (Å²) in [6.45, 7) is 5.93. The number of nitrogens with one attached hydrogen (secondary N) is 1. The lowest BCUT2D eigenvalue weighted by molar-refractivity contribution is -0.120. The second kappa shape index (κ2) is 7.97. The molecule has 4 nitrogen and oxygen atoms in total. The monoisotopic (exact) mass is 302 g/mol. The Morgan fingerprint density at radius 3 is 2.59 bits per heavy atom. The van der Waals surface area contributed by atoms with Gasteiger partial charge in [-0.3, -0.25) is 9.59 Å². The molecule has 0 aromatic heterocycles. The quantitative estimate of drug-likeness (QED) is 0.787. The van der Waals surface area contributed by atoms with Gasteiger partial charge in [-0.15, -0.1) is 0 Å². The summed E-state index contributed by atoms with van der Waals surface area (Å²) in [5, 5.41) is 2.96. The van der Waals surface area contributed by atoms with Gasteiger partial charge in [-0.25, -0.2) is 0 Å². The van der Waals surface area contributed by atoms with E-state index in [0.717, 1.165) is 43.6 Å². The molecule has 0 saturated carbocycles. The highest BCUT2D eigenvalue weighted by Crippen LogP contribution is 2.21. The number of anilines is 1. The molecule has 1 fully saturated rings. The molecule has 2 rings (SSSR count). The molecular weight excluding hydrogens is 276 g/mol. The van der Waals surface area contributed by atoms with Crippen LogP contribution in [0.2, 0.25) is 0 Å². The highest BCUT2D eigenvalue weighted by Gasteiger charge is 2.21. The topological polar surface area (TPSA) is 49.4 Å². The summed E-state index contributed by atoms with van der Waals surface area (Å²) in [5.41, 5.74) is 1.92. The zero-order chi connectivity index (χ0) is 15.9. The number of carbonyl (C=O) groups is 2. The Morgan fingerprint density at radius 1 is 1.27 bits per heavy atom. The Bertz CT molecular complexity index is 508. The van der Waals surface area contributed by atoms with Crippen molar-refractivity contribution in [3.8, 4) is 0 Å². The van der Waals surface area contributed by atoms with Crippen LogP contribution in [0.3, 0.4) is 0 Å². The molecule has 2 amide bonds. The fraction of sp³-hybridized carbons (Fsp3) is 0.556. The molecule has 1 aromatic rings. The Morgan fingerprint density at radius 2 is 2.00 bits per heavy atom. The molecule has 1 aromatic carbocycles. The lowest BCUT2D eigenvalue weighted by Gasteiger charge is -2.15. The first kappa shape index (κ1) is 16.5. The molecule has 0 spiro atoms. The van der Waals surface area contributed by atoms with Crippen molar-refractivity contribution in [1.82, 2.24) is 5.32 Å². The van der Waals surface area contributed by atoms with E-state index in [9.17, 15) is 9.59 Å². The lowest BCUT2D eigenvalue weighted by atomic mass is 10.1. The van der Waals surface area contributed by atoms with E-state index in [0.29, 0.717) is 18.8 Å². The minimum Gasteiger partial charge on any atom is -0.356 e. The molecular formula is C18H26N2O2. The summed E-state index contributed by atoms with van der Waals surface area (Å²) < 4.78 is 0. The largest absolute Gasteiger partial charge is 0.356 e. The lowest BCUT2D eigenvalue weighted by Crippen LogP contribution is -2.26. The van der Waals surface area contributed by atoms with Crippen LogP contribution >= 0.6 is 0 Å². The van der Waals surface area contributed by atoms with Gasteiger partial charge in [0.1, 0.15) is 0 Å². The van der Waals surface area contributed by atoms with Gasteiger partial charge in [0.15, 0.2) is 0 Å². The average Bonchev–Trinajstić information content (AvgIpc) is 2.90. The molecule has 1 aliphatic rings. The fourth-order valence-corrected chi connectivity index (χ4v) is 2.70. The van der Waals surface area contributed by atoms with Crippen molar-refractivity contribution < 1.29 is 9.59 Å². The highest BCUT2D eigenvalue weighted by molar-refractivity contribution is 5.95. The van der Waals surface area contributed by atoms with E-state index in [1.807, 2.05) is 29.2 Å². The first-order valence-corrected chi connectivity index (χ1v) is 8.22. The molecule has 0 radical (unpaired) electrons. The minimum atomic E-state index is 0.0637. The summed E-state index contributed by atoms with van der Waals surface area (Å²) in [6, 6.07) is 7.75. The highest BCUT2D eigenvalue weighted by atomic mass is 16.2. The van der Waals surface area contributed by atoms with Gasteiger partial charge in [-0.05, 0) is 42.9 Å². The summed E-state index contributed by atoms with van der Waals surface area (Å²) >= 11 is 0. The zero-order valence-electron chi connectivity index (χ0n) is 13.6. The van der Waals surface area contributed by atoms with E-state index in [1.165, 1.54) is 0 Å². The van der Waals surface area contributed by atoms with E-state index >= 15 is 0 Å². The molecule has 0 aliphatic carbocycles. The molecule has 4 heteroatoms. The Kier molecular flexibility index (Phi) is 5.99. The van der Waals surface area contributed by atoms with Crippen molar-refractivity contribution in [3.05, 3.63) is 29.8 Å². The molecule has 0 atom stereocenters. The molecule has 0 unspecified atom stereocenters. The third-order valence-electron chi connectivity index (χ3n) is 3.97. The normalized spacial score (nSPS) is 14.7. The first-order chi connectivity index (χ1) is 10.6. The van der Waals surface area contributed by atoms with Crippen LogP contribution in [0, 0.1) is 5.92 Å². The second-order valence-corrected chi connectivity index (χ2v) is 6.38. The standard InChI is InChI=1S/C18H26N2O2/c1-14(2)5-3-11-19-17(21)13-15-7-9-16(10-8-15)20-12-4-6-18(20)22/h7-10,14H,3-6,11-13H2,1-2H3,(H,19,21). The van der Waals surface area contributed by atoms with Gasteiger partial charge in [0.25, 0.3) is 0 Å². The zero-order valence-corrected chi connectivity index (χ0v) is 13.6. The third kappa shape index (κ3) is 4.86. The van der Waals surface area contributed by atoms with Crippen molar-refractivity contribution in [3.63, 3.8) is 0 Å². The average molecular weight is 302 g/mol. The number of hydrogen-bond acceptors (Lipinski definition) is 2. The Balaban J connectivity index is 1.78. The maximum atomic E-state index is 11.9. The van der Waals surface area contributed by atoms with Gasteiger partial charge in [0.2, 0.25) is 11.8 Å². The second-order valence-electron chi connectivity index (χ2n) is 6.38. The summed E-state index contributed by atoms with van der Waals surface area (Å²) in [4.78, 5) is 25.4. The van der Waals surface area contributed by atoms with Gasteiger partial charge < -0.3 is 10.2 Å². The fourth-order valence-electron chi connectivity index (χ4n) is 2.70. The first-order valence-electron chi connectivity index (χ1n) is 8.22. The van der Waals surface area contributed by atoms with Crippen LogP contribution < -0.4 is 10.2 Å². The number of hydrogen-bond donors (Lipinski definition) is 1. The van der Waals surface area contributed by atoms with Gasteiger partial charge >= 0.3 is 0 Å².